The third-order valence-electron chi connectivity index (χ3n) is 2.23. The fourth-order valence-electron chi connectivity index (χ4n) is 1.39. The van der Waals surface area contributed by atoms with Crippen molar-refractivity contribution < 1.29 is 18.7 Å². The van der Waals surface area contributed by atoms with Crippen LogP contribution in [0.1, 0.15) is 22.5 Å². The average molecular weight is 286 g/mol. The third kappa shape index (κ3) is 2.65. The number of halogens is 3. The summed E-state index contributed by atoms with van der Waals surface area (Å²) in [6.07, 6.45) is -0.815. The van der Waals surface area contributed by atoms with E-state index in [1.165, 1.54) is 12.3 Å². The summed E-state index contributed by atoms with van der Waals surface area (Å²) in [6, 6.07) is 3.06. The second kappa shape index (κ2) is 5.23. The maximum Gasteiger partial charge on any atom is 0.339 e. The van der Waals surface area contributed by atoms with Crippen molar-refractivity contribution in [3.05, 3.63) is 40.8 Å². The van der Waals surface area contributed by atoms with Crippen LogP contribution in [-0.2, 0) is 0 Å². The number of carboxylic acid groups (broad SMARTS) is 1. The number of aromatic carboxylic acids is 1. The van der Waals surface area contributed by atoms with Crippen molar-refractivity contribution >= 4 is 17.6 Å². The number of hydrogen-bond donors (Lipinski definition) is 1. The first-order chi connectivity index (χ1) is 9.00. The summed E-state index contributed by atoms with van der Waals surface area (Å²) in [6.45, 7) is 0. The molecule has 2 aromatic heterocycles. The monoisotopic (exact) mass is 285 g/mol. The lowest BCUT2D eigenvalue weighted by atomic mass is 10.2. The Hall–Kier alpha value is -2.15. The average Bonchev–Trinajstić information content (AvgIpc) is 2.38. The highest BCUT2D eigenvalue weighted by Gasteiger charge is 2.22. The minimum atomic E-state index is -3.03. The standard InChI is InChI=1S/C11H6ClF2N3O2/c12-6-2-1-3-15-8(6)10-16-4-5(11(18)19)7(17-10)9(13)14/h1-4,9H,(H,18,19). The van der Waals surface area contributed by atoms with E-state index in [1.807, 2.05) is 0 Å². The van der Waals surface area contributed by atoms with Gasteiger partial charge in [0.2, 0.25) is 0 Å². The molecule has 0 aromatic carbocycles. The summed E-state index contributed by atoms with van der Waals surface area (Å²) >= 11 is 5.85. The van der Waals surface area contributed by atoms with Crippen LogP contribution in [0.3, 0.4) is 0 Å². The van der Waals surface area contributed by atoms with E-state index in [-0.39, 0.29) is 16.5 Å². The molecule has 0 atom stereocenters. The molecule has 0 bridgehead atoms. The van der Waals surface area contributed by atoms with E-state index in [0.29, 0.717) is 0 Å². The predicted molar refractivity (Wildman–Crippen MR) is 62.2 cm³/mol. The Kier molecular flexibility index (Phi) is 3.66. The van der Waals surface area contributed by atoms with Crippen LogP contribution in [0.5, 0.6) is 0 Å². The van der Waals surface area contributed by atoms with Gasteiger partial charge in [0.15, 0.2) is 5.82 Å². The van der Waals surface area contributed by atoms with Gasteiger partial charge in [-0.25, -0.2) is 23.5 Å². The highest BCUT2D eigenvalue weighted by molar-refractivity contribution is 6.32. The van der Waals surface area contributed by atoms with E-state index >= 15 is 0 Å². The lowest BCUT2D eigenvalue weighted by molar-refractivity contribution is 0.0681. The first-order valence-electron chi connectivity index (χ1n) is 5.00. The van der Waals surface area contributed by atoms with E-state index in [1.54, 1.807) is 6.07 Å². The van der Waals surface area contributed by atoms with Crippen LogP contribution in [0.25, 0.3) is 11.5 Å². The molecule has 98 valence electrons. The Bertz CT molecular complexity index is 637. The number of nitrogens with zero attached hydrogens (tertiary/aromatic N) is 3. The molecule has 0 fully saturated rings. The minimum Gasteiger partial charge on any atom is -0.478 e. The van der Waals surface area contributed by atoms with Crippen molar-refractivity contribution in [2.45, 2.75) is 6.43 Å². The van der Waals surface area contributed by atoms with Gasteiger partial charge < -0.3 is 5.11 Å². The SMILES string of the molecule is O=C(O)c1cnc(-c2ncccc2Cl)nc1C(F)F. The van der Waals surface area contributed by atoms with Crippen LogP contribution in [0.2, 0.25) is 5.02 Å². The minimum absolute atomic E-state index is 0.114. The number of hydrogen-bond acceptors (Lipinski definition) is 4. The molecule has 0 unspecified atom stereocenters. The van der Waals surface area contributed by atoms with Gasteiger partial charge in [-0.1, -0.05) is 11.6 Å². The Morgan fingerprint density at radius 3 is 2.68 bits per heavy atom. The largest absolute Gasteiger partial charge is 0.478 e. The topological polar surface area (TPSA) is 76.0 Å². The van der Waals surface area contributed by atoms with E-state index in [4.69, 9.17) is 16.7 Å². The van der Waals surface area contributed by atoms with Gasteiger partial charge in [0.25, 0.3) is 6.43 Å². The van der Waals surface area contributed by atoms with E-state index < -0.39 is 23.7 Å². The quantitative estimate of drug-likeness (QED) is 0.938. The zero-order valence-corrected chi connectivity index (χ0v) is 9.97. The fourth-order valence-corrected chi connectivity index (χ4v) is 1.60. The number of pyridine rings is 1. The second-order valence-corrected chi connectivity index (χ2v) is 3.84. The Balaban J connectivity index is 2.59. The van der Waals surface area contributed by atoms with E-state index in [9.17, 15) is 13.6 Å². The molecule has 5 nitrogen and oxygen atoms in total. The van der Waals surface area contributed by atoms with Crippen molar-refractivity contribution in [2.24, 2.45) is 0 Å². The van der Waals surface area contributed by atoms with Crippen LogP contribution in [0.15, 0.2) is 24.5 Å². The Labute approximate surface area is 110 Å². The molecule has 8 heteroatoms. The first-order valence-corrected chi connectivity index (χ1v) is 5.37. The Morgan fingerprint density at radius 2 is 2.11 bits per heavy atom. The molecule has 0 aliphatic carbocycles. The Morgan fingerprint density at radius 1 is 1.37 bits per heavy atom. The molecule has 0 saturated carbocycles. The fraction of sp³-hybridized carbons (Fsp3) is 0.0909. The van der Waals surface area contributed by atoms with Crippen LogP contribution >= 0.6 is 11.6 Å². The van der Waals surface area contributed by atoms with Crippen LogP contribution < -0.4 is 0 Å². The molecular weight excluding hydrogens is 280 g/mol. The molecule has 0 aliphatic rings. The van der Waals surface area contributed by atoms with Crippen molar-refractivity contribution in [3.63, 3.8) is 0 Å². The van der Waals surface area contributed by atoms with Crippen LogP contribution in [-0.4, -0.2) is 26.0 Å². The van der Waals surface area contributed by atoms with E-state index in [2.05, 4.69) is 15.0 Å². The molecule has 0 spiro atoms. The smallest absolute Gasteiger partial charge is 0.339 e. The number of alkyl halides is 2. The molecule has 2 aromatic rings. The second-order valence-electron chi connectivity index (χ2n) is 3.43. The number of carbonyl (C=O) groups is 1. The van der Waals surface area contributed by atoms with E-state index in [0.717, 1.165) is 6.20 Å². The summed E-state index contributed by atoms with van der Waals surface area (Å²) < 4.78 is 25.6. The van der Waals surface area contributed by atoms with Crippen LogP contribution in [0.4, 0.5) is 8.78 Å². The summed E-state index contributed by atoms with van der Waals surface area (Å²) in [5, 5.41) is 8.96. The van der Waals surface area contributed by atoms with Gasteiger partial charge in [0.1, 0.15) is 17.0 Å². The molecule has 0 amide bonds. The van der Waals surface area contributed by atoms with Gasteiger partial charge in [-0.3, -0.25) is 4.98 Å². The molecule has 0 radical (unpaired) electrons. The molecular formula is C11H6ClF2N3O2. The maximum atomic E-state index is 12.8. The highest BCUT2D eigenvalue weighted by Crippen LogP contribution is 2.26. The number of carboxylic acids is 1. The van der Waals surface area contributed by atoms with Gasteiger partial charge in [-0.15, -0.1) is 0 Å². The summed E-state index contributed by atoms with van der Waals surface area (Å²) in [4.78, 5) is 21.9. The summed E-state index contributed by atoms with van der Waals surface area (Å²) in [5.74, 6) is -1.67. The van der Waals surface area contributed by atoms with Gasteiger partial charge in [0, 0.05) is 12.4 Å². The lowest BCUT2D eigenvalue weighted by Gasteiger charge is -2.06. The molecule has 1 N–H and O–H groups in total. The van der Waals surface area contributed by atoms with Crippen molar-refractivity contribution in [1.29, 1.82) is 0 Å². The predicted octanol–water partition coefficient (Wildman–Crippen LogP) is 2.83. The zero-order chi connectivity index (χ0) is 14.0. The molecule has 19 heavy (non-hydrogen) atoms. The normalized spacial score (nSPS) is 10.7. The molecule has 2 rings (SSSR count). The van der Waals surface area contributed by atoms with Gasteiger partial charge >= 0.3 is 5.97 Å². The van der Waals surface area contributed by atoms with Gasteiger partial charge in [-0.2, -0.15) is 0 Å². The maximum absolute atomic E-state index is 12.8. The van der Waals surface area contributed by atoms with Crippen molar-refractivity contribution in [1.82, 2.24) is 15.0 Å². The summed E-state index contributed by atoms with van der Waals surface area (Å²) in [5.41, 5.74) is -1.40. The molecule has 2 heterocycles. The molecule has 0 saturated heterocycles. The third-order valence-corrected chi connectivity index (χ3v) is 2.53. The van der Waals surface area contributed by atoms with Gasteiger partial charge in [0.05, 0.1) is 5.02 Å². The van der Waals surface area contributed by atoms with Crippen molar-refractivity contribution in [3.8, 4) is 11.5 Å². The first kappa shape index (κ1) is 13.3. The highest BCUT2D eigenvalue weighted by atomic mass is 35.5. The zero-order valence-electron chi connectivity index (χ0n) is 9.22. The number of rotatable bonds is 3. The van der Waals surface area contributed by atoms with Crippen LogP contribution in [0, 0.1) is 0 Å². The van der Waals surface area contributed by atoms with Crippen molar-refractivity contribution in [2.75, 3.05) is 0 Å². The lowest BCUT2D eigenvalue weighted by Crippen LogP contribution is -2.08. The summed E-state index contributed by atoms with van der Waals surface area (Å²) in [7, 11) is 0. The molecule has 0 aliphatic heterocycles. The number of aromatic nitrogens is 3. The van der Waals surface area contributed by atoms with Gasteiger partial charge in [-0.05, 0) is 12.1 Å².